The van der Waals surface area contributed by atoms with Crippen LogP contribution >= 0.6 is 0 Å². The molecule has 8 nitrogen and oxygen atoms in total. The Morgan fingerprint density at radius 2 is 1.66 bits per heavy atom. The molecule has 3 aromatic rings. The molecule has 1 aliphatic rings. The van der Waals surface area contributed by atoms with Gasteiger partial charge in [-0.25, -0.2) is 4.79 Å². The van der Waals surface area contributed by atoms with E-state index in [1.54, 1.807) is 6.92 Å². The summed E-state index contributed by atoms with van der Waals surface area (Å²) in [4.78, 5) is 42.8. The number of aromatic nitrogens is 2. The Kier molecular flexibility index (Phi) is 7.21. The Morgan fingerprint density at radius 1 is 0.971 bits per heavy atom. The van der Waals surface area contributed by atoms with Crippen molar-refractivity contribution in [3.63, 3.8) is 0 Å². The van der Waals surface area contributed by atoms with Crippen molar-refractivity contribution in [1.82, 2.24) is 9.13 Å². The summed E-state index contributed by atoms with van der Waals surface area (Å²) in [6.45, 7) is 9.75. The molecule has 0 spiro atoms. The number of carbonyl (C=O) groups excluding carboxylic acids is 1. The SMILES string of the molecule is CCn1c(=O)c(C(=O)C[NH+]2CCN(c3cccc(C)c3C)CC2)c(N)n(Cc2ccccc2)c1=O. The summed E-state index contributed by atoms with van der Waals surface area (Å²) >= 11 is 0. The van der Waals surface area contributed by atoms with E-state index < -0.39 is 11.2 Å². The van der Waals surface area contributed by atoms with E-state index >= 15 is 0 Å². The molecule has 35 heavy (non-hydrogen) atoms. The molecule has 0 aliphatic carbocycles. The zero-order valence-electron chi connectivity index (χ0n) is 20.7. The Bertz CT molecular complexity index is 1340. The number of nitrogen functional groups attached to an aromatic ring is 1. The number of hydrogen-bond acceptors (Lipinski definition) is 5. The summed E-state index contributed by atoms with van der Waals surface area (Å²) in [5.41, 5.74) is 9.78. The van der Waals surface area contributed by atoms with Gasteiger partial charge in [0.25, 0.3) is 5.56 Å². The number of quaternary nitrogens is 1. The number of hydrogen-bond donors (Lipinski definition) is 2. The molecule has 1 fully saturated rings. The van der Waals surface area contributed by atoms with Gasteiger partial charge in [-0.2, -0.15) is 0 Å². The highest BCUT2D eigenvalue weighted by molar-refractivity contribution is 6.00. The number of Topliss-reactive ketones (excluding diaryl/α,β-unsaturated/α-hetero) is 1. The molecule has 1 aliphatic heterocycles. The number of carbonyl (C=O) groups is 1. The zero-order valence-corrected chi connectivity index (χ0v) is 20.7. The predicted octanol–water partition coefficient (Wildman–Crippen LogP) is 0.865. The van der Waals surface area contributed by atoms with Crippen LogP contribution in [0, 0.1) is 13.8 Å². The average molecular weight is 477 g/mol. The van der Waals surface area contributed by atoms with E-state index in [4.69, 9.17) is 5.73 Å². The van der Waals surface area contributed by atoms with E-state index in [1.165, 1.54) is 21.4 Å². The number of nitrogens with one attached hydrogen (secondary N) is 1. The van der Waals surface area contributed by atoms with Crippen molar-refractivity contribution in [3.8, 4) is 0 Å². The first kappa shape index (κ1) is 24.5. The van der Waals surface area contributed by atoms with E-state index in [-0.39, 0.29) is 36.8 Å². The van der Waals surface area contributed by atoms with Crippen LogP contribution in [0.4, 0.5) is 11.5 Å². The second kappa shape index (κ2) is 10.3. The predicted molar refractivity (Wildman–Crippen MR) is 139 cm³/mol. The monoisotopic (exact) mass is 476 g/mol. The smallest absolute Gasteiger partial charge is 0.332 e. The lowest BCUT2D eigenvalue weighted by Gasteiger charge is -2.34. The van der Waals surface area contributed by atoms with Crippen molar-refractivity contribution in [2.45, 2.75) is 33.9 Å². The fraction of sp³-hybridized carbons (Fsp3) is 0.370. The van der Waals surface area contributed by atoms with Gasteiger partial charge in [0.15, 0.2) is 0 Å². The fourth-order valence-corrected chi connectivity index (χ4v) is 4.81. The topological polar surface area (TPSA) is 94.8 Å². The molecule has 184 valence electrons. The largest absolute Gasteiger partial charge is 0.384 e. The molecule has 2 heterocycles. The van der Waals surface area contributed by atoms with Crippen LogP contribution in [0.5, 0.6) is 0 Å². The lowest BCUT2D eigenvalue weighted by Crippen LogP contribution is -3.15. The van der Waals surface area contributed by atoms with Gasteiger partial charge in [-0.05, 0) is 43.5 Å². The van der Waals surface area contributed by atoms with Crippen LogP contribution in [-0.2, 0) is 13.1 Å². The molecule has 0 radical (unpaired) electrons. The van der Waals surface area contributed by atoms with E-state index in [9.17, 15) is 14.4 Å². The highest BCUT2D eigenvalue weighted by atomic mass is 16.2. The van der Waals surface area contributed by atoms with Crippen molar-refractivity contribution in [1.29, 1.82) is 0 Å². The van der Waals surface area contributed by atoms with Crippen molar-refractivity contribution in [2.24, 2.45) is 0 Å². The number of anilines is 2. The van der Waals surface area contributed by atoms with Gasteiger partial charge in [0, 0.05) is 12.2 Å². The van der Waals surface area contributed by atoms with Crippen molar-refractivity contribution < 1.29 is 9.69 Å². The molecule has 2 aromatic carbocycles. The highest BCUT2D eigenvalue weighted by Gasteiger charge is 2.28. The van der Waals surface area contributed by atoms with Crippen LogP contribution in [0.2, 0.25) is 0 Å². The lowest BCUT2D eigenvalue weighted by molar-refractivity contribution is -0.892. The number of rotatable bonds is 7. The van der Waals surface area contributed by atoms with Gasteiger partial charge in [0.1, 0.15) is 17.9 Å². The van der Waals surface area contributed by atoms with Gasteiger partial charge in [0.2, 0.25) is 5.78 Å². The van der Waals surface area contributed by atoms with E-state index in [0.29, 0.717) is 0 Å². The third-order valence-electron chi connectivity index (χ3n) is 7.04. The van der Waals surface area contributed by atoms with Crippen molar-refractivity contribution in [2.75, 3.05) is 43.4 Å². The van der Waals surface area contributed by atoms with Crippen LogP contribution in [0.1, 0.15) is 34.0 Å². The standard InChI is InChI=1S/C27H33N5O3/c1-4-31-26(34)24(25(28)32(27(31)35)17-21-10-6-5-7-11-21)23(33)18-29-13-15-30(16-14-29)22-12-8-9-19(2)20(22)3/h5-12H,4,13-18,28H2,1-3H3/p+1. The molecular weight excluding hydrogens is 442 g/mol. The molecule has 8 heteroatoms. The molecule has 0 unspecified atom stereocenters. The van der Waals surface area contributed by atoms with E-state index in [0.717, 1.165) is 41.2 Å². The number of ketones is 1. The molecule has 4 rings (SSSR count). The van der Waals surface area contributed by atoms with Crippen molar-refractivity contribution >= 4 is 17.3 Å². The number of piperazine rings is 1. The summed E-state index contributed by atoms with van der Waals surface area (Å²) < 4.78 is 2.43. The van der Waals surface area contributed by atoms with Gasteiger partial charge in [-0.1, -0.05) is 42.5 Å². The summed E-state index contributed by atoms with van der Waals surface area (Å²) in [5, 5.41) is 0. The van der Waals surface area contributed by atoms with Gasteiger partial charge in [-0.3, -0.25) is 18.7 Å². The van der Waals surface area contributed by atoms with Crippen LogP contribution in [0.3, 0.4) is 0 Å². The Hall–Kier alpha value is -3.65. The first-order valence-corrected chi connectivity index (χ1v) is 12.2. The number of benzene rings is 2. The normalized spacial score (nSPS) is 14.3. The second-order valence-electron chi connectivity index (χ2n) is 9.22. The molecule has 0 atom stereocenters. The van der Waals surface area contributed by atoms with E-state index in [2.05, 4.69) is 36.9 Å². The average Bonchev–Trinajstić information content (AvgIpc) is 2.85. The van der Waals surface area contributed by atoms with Gasteiger partial charge in [-0.15, -0.1) is 0 Å². The molecule has 0 bridgehead atoms. The molecule has 1 aromatic heterocycles. The third-order valence-corrected chi connectivity index (χ3v) is 7.04. The maximum absolute atomic E-state index is 13.3. The van der Waals surface area contributed by atoms with Crippen LogP contribution in [0.15, 0.2) is 58.1 Å². The van der Waals surface area contributed by atoms with Gasteiger partial charge >= 0.3 is 5.69 Å². The number of nitrogens with two attached hydrogens (primary N) is 1. The maximum Gasteiger partial charge on any atom is 0.332 e. The molecule has 1 saturated heterocycles. The third kappa shape index (κ3) is 4.93. The van der Waals surface area contributed by atoms with Crippen LogP contribution in [-0.4, -0.2) is 47.6 Å². The lowest BCUT2D eigenvalue weighted by atomic mass is 10.1. The number of aryl methyl sites for hydroxylation is 1. The first-order chi connectivity index (χ1) is 16.8. The Labute approximate surface area is 205 Å². The summed E-state index contributed by atoms with van der Waals surface area (Å²) in [7, 11) is 0. The van der Waals surface area contributed by atoms with Crippen LogP contribution in [0.25, 0.3) is 0 Å². The molecular formula is C27H34N5O3+. The second-order valence-corrected chi connectivity index (χ2v) is 9.22. The van der Waals surface area contributed by atoms with Gasteiger partial charge < -0.3 is 15.5 Å². The molecule has 0 amide bonds. The summed E-state index contributed by atoms with van der Waals surface area (Å²) in [6.07, 6.45) is 0. The van der Waals surface area contributed by atoms with Crippen LogP contribution < -0.4 is 26.8 Å². The van der Waals surface area contributed by atoms with Crippen molar-refractivity contribution in [3.05, 3.63) is 91.6 Å². The molecule has 0 saturated carbocycles. The van der Waals surface area contributed by atoms with E-state index in [1.807, 2.05) is 30.3 Å². The summed E-state index contributed by atoms with van der Waals surface area (Å²) in [6, 6.07) is 15.7. The Morgan fingerprint density at radius 3 is 2.31 bits per heavy atom. The first-order valence-electron chi connectivity index (χ1n) is 12.2. The Balaban J connectivity index is 1.55. The fourth-order valence-electron chi connectivity index (χ4n) is 4.81. The van der Waals surface area contributed by atoms with Gasteiger partial charge in [0.05, 0.1) is 32.7 Å². The minimum atomic E-state index is -0.599. The maximum atomic E-state index is 13.3. The minimum absolute atomic E-state index is 0.0491. The summed E-state index contributed by atoms with van der Waals surface area (Å²) in [5.74, 6) is -0.362. The quantitative estimate of drug-likeness (QED) is 0.494. The number of nitrogens with zero attached hydrogens (tertiary/aromatic N) is 3. The zero-order chi connectivity index (χ0) is 25.1. The highest BCUT2D eigenvalue weighted by Crippen LogP contribution is 2.22. The molecule has 3 N–H and O–H groups in total. The minimum Gasteiger partial charge on any atom is -0.384 e.